The summed E-state index contributed by atoms with van der Waals surface area (Å²) in [5, 5.41) is 14.6. The molecule has 0 saturated heterocycles. The van der Waals surface area contributed by atoms with Crippen LogP contribution in [0.3, 0.4) is 0 Å². The molecular weight excluding hydrogens is 441 g/mol. The Morgan fingerprint density at radius 1 is 1.10 bits per heavy atom. The van der Waals surface area contributed by atoms with Crippen molar-refractivity contribution in [2.24, 2.45) is 0 Å². The highest BCUT2D eigenvalue weighted by molar-refractivity contribution is 7.19. The van der Waals surface area contributed by atoms with Crippen LogP contribution in [0.15, 0.2) is 48.5 Å². The van der Waals surface area contributed by atoms with Crippen molar-refractivity contribution in [3.8, 4) is 16.2 Å². The fraction of sp³-hybridized carbons (Fsp3) is 0.261. The van der Waals surface area contributed by atoms with Gasteiger partial charge in [0.05, 0.1) is 5.56 Å². The molecule has 0 bridgehead atoms. The van der Waals surface area contributed by atoms with Crippen LogP contribution < -0.4 is 10.1 Å². The summed E-state index contributed by atoms with van der Waals surface area (Å²) in [5.41, 5.74) is 1.99. The molecule has 0 spiro atoms. The number of nitrogens with one attached hydrogen (secondary N) is 1. The van der Waals surface area contributed by atoms with E-state index in [-0.39, 0.29) is 6.61 Å². The van der Waals surface area contributed by atoms with Crippen LogP contribution in [0, 0.1) is 0 Å². The lowest BCUT2D eigenvalue weighted by atomic mass is 10.1. The Morgan fingerprint density at radius 2 is 1.80 bits per heavy atom. The number of ether oxygens (including phenoxy) is 1. The molecule has 0 fully saturated rings. The van der Waals surface area contributed by atoms with Gasteiger partial charge in [0.2, 0.25) is 0 Å². The Morgan fingerprint density at radius 3 is 2.43 bits per heavy atom. The third-order valence-electron chi connectivity index (χ3n) is 4.61. The molecule has 1 aromatic heterocycles. The molecule has 30 heavy (non-hydrogen) atoms. The van der Waals surface area contributed by atoms with Gasteiger partial charge in [0, 0.05) is 27.0 Å². The third kappa shape index (κ3) is 5.69. The Hall–Kier alpha value is -2.21. The molecule has 3 aromatic rings. The van der Waals surface area contributed by atoms with Crippen molar-refractivity contribution in [1.82, 2.24) is 0 Å². The number of benzene rings is 2. The molecule has 158 valence electrons. The second kappa shape index (κ2) is 10.7. The molecule has 0 atom stereocenters. The smallest absolute Gasteiger partial charge is 0.338 e. The van der Waals surface area contributed by atoms with E-state index in [9.17, 15) is 9.90 Å². The van der Waals surface area contributed by atoms with E-state index in [1.54, 1.807) is 24.3 Å². The first-order valence-electron chi connectivity index (χ1n) is 9.76. The van der Waals surface area contributed by atoms with Crippen LogP contribution in [0.25, 0.3) is 10.4 Å². The van der Waals surface area contributed by atoms with E-state index >= 15 is 0 Å². The summed E-state index contributed by atoms with van der Waals surface area (Å²) < 4.78 is 5.82. The summed E-state index contributed by atoms with van der Waals surface area (Å²) in [5.74, 6) is -0.241. The molecule has 2 N–H and O–H groups in total. The van der Waals surface area contributed by atoms with Gasteiger partial charge in [0.1, 0.15) is 17.4 Å². The average molecular weight is 464 g/mol. The fourth-order valence-corrected chi connectivity index (χ4v) is 4.53. The minimum Gasteiger partial charge on any atom is -0.489 e. The largest absolute Gasteiger partial charge is 0.489 e. The van der Waals surface area contributed by atoms with Crippen molar-refractivity contribution in [3.63, 3.8) is 0 Å². The molecule has 2 aromatic carbocycles. The van der Waals surface area contributed by atoms with Crippen molar-refractivity contribution >= 4 is 45.5 Å². The lowest BCUT2D eigenvalue weighted by molar-refractivity contribution is 0.0698. The van der Waals surface area contributed by atoms with Crippen molar-refractivity contribution < 1.29 is 14.6 Å². The number of halogens is 2. The summed E-state index contributed by atoms with van der Waals surface area (Å²) in [6.45, 7) is 3.18. The van der Waals surface area contributed by atoms with Crippen LogP contribution in [0.2, 0.25) is 10.0 Å². The van der Waals surface area contributed by atoms with Crippen LogP contribution in [0.1, 0.15) is 42.1 Å². The maximum absolute atomic E-state index is 11.6. The topological polar surface area (TPSA) is 58.6 Å². The number of anilines is 1. The number of thiophene rings is 1. The van der Waals surface area contributed by atoms with E-state index in [0.717, 1.165) is 41.8 Å². The van der Waals surface area contributed by atoms with E-state index in [1.165, 1.54) is 11.3 Å². The number of hydrogen-bond donors (Lipinski definition) is 2. The Balaban J connectivity index is 1.70. The summed E-state index contributed by atoms with van der Waals surface area (Å²) >= 11 is 13.8. The van der Waals surface area contributed by atoms with E-state index in [1.807, 2.05) is 24.3 Å². The van der Waals surface area contributed by atoms with Crippen LogP contribution in [-0.2, 0) is 6.61 Å². The van der Waals surface area contributed by atoms with Crippen molar-refractivity contribution in [1.29, 1.82) is 0 Å². The van der Waals surface area contributed by atoms with E-state index in [0.29, 0.717) is 26.4 Å². The van der Waals surface area contributed by atoms with Gasteiger partial charge in [-0.15, -0.1) is 11.3 Å². The van der Waals surface area contributed by atoms with Gasteiger partial charge in [0.25, 0.3) is 0 Å². The third-order valence-corrected chi connectivity index (χ3v) is 6.46. The van der Waals surface area contributed by atoms with Gasteiger partial charge in [-0.1, -0.05) is 49.0 Å². The van der Waals surface area contributed by atoms with Gasteiger partial charge in [-0.3, -0.25) is 0 Å². The Labute approximate surface area is 190 Å². The molecular formula is C23H23Cl2NO3S. The molecule has 4 nitrogen and oxygen atoms in total. The highest BCUT2D eigenvalue weighted by Gasteiger charge is 2.16. The van der Waals surface area contributed by atoms with Crippen molar-refractivity contribution in [3.05, 3.63) is 69.7 Å². The zero-order chi connectivity index (χ0) is 21.5. The summed E-state index contributed by atoms with van der Waals surface area (Å²) in [6.07, 6.45) is 3.26. The lowest BCUT2D eigenvalue weighted by Crippen LogP contribution is -2.04. The molecule has 1 heterocycles. The van der Waals surface area contributed by atoms with Crippen molar-refractivity contribution in [2.75, 3.05) is 11.9 Å². The summed E-state index contributed by atoms with van der Waals surface area (Å²) in [6, 6.07) is 14.6. The van der Waals surface area contributed by atoms with Gasteiger partial charge in [0.15, 0.2) is 0 Å². The van der Waals surface area contributed by atoms with Crippen LogP contribution in [-0.4, -0.2) is 17.6 Å². The van der Waals surface area contributed by atoms with Gasteiger partial charge >= 0.3 is 5.97 Å². The van der Waals surface area contributed by atoms with E-state index in [4.69, 9.17) is 27.9 Å². The van der Waals surface area contributed by atoms with Crippen LogP contribution >= 0.6 is 34.5 Å². The monoisotopic (exact) mass is 463 g/mol. The molecule has 0 aliphatic heterocycles. The van der Waals surface area contributed by atoms with Crippen LogP contribution in [0.4, 0.5) is 5.00 Å². The lowest BCUT2D eigenvalue weighted by Gasteiger charge is -2.10. The number of carbonyl (C=O) groups is 1. The molecule has 0 saturated carbocycles. The highest BCUT2D eigenvalue weighted by Crippen LogP contribution is 2.36. The minimum absolute atomic E-state index is 0.270. The second-order valence-electron chi connectivity index (χ2n) is 6.81. The second-order valence-corrected chi connectivity index (χ2v) is 8.67. The first-order chi connectivity index (χ1) is 14.5. The quantitative estimate of drug-likeness (QED) is 0.303. The van der Waals surface area contributed by atoms with Gasteiger partial charge in [-0.2, -0.15) is 0 Å². The van der Waals surface area contributed by atoms with Crippen molar-refractivity contribution in [2.45, 2.75) is 32.8 Å². The predicted octanol–water partition coefficient (Wildman–Crippen LogP) is 7.60. The van der Waals surface area contributed by atoms with E-state index < -0.39 is 5.97 Å². The first-order valence-corrected chi connectivity index (χ1v) is 11.3. The summed E-state index contributed by atoms with van der Waals surface area (Å²) in [7, 11) is 0. The predicted molar refractivity (Wildman–Crippen MR) is 126 cm³/mol. The molecule has 0 aliphatic rings. The number of carboxylic acids is 1. The number of rotatable bonds is 10. The van der Waals surface area contributed by atoms with Gasteiger partial charge in [-0.25, -0.2) is 4.79 Å². The first kappa shape index (κ1) is 22.5. The normalized spacial score (nSPS) is 10.8. The maximum Gasteiger partial charge on any atom is 0.338 e. The van der Waals surface area contributed by atoms with Gasteiger partial charge in [-0.05, 0) is 54.4 Å². The number of aromatic carboxylic acids is 1. The summed E-state index contributed by atoms with van der Waals surface area (Å²) in [4.78, 5) is 12.5. The zero-order valence-corrected chi connectivity index (χ0v) is 18.9. The average Bonchev–Trinajstić information content (AvgIpc) is 3.16. The standard InChI is InChI=1S/C23H23Cl2NO3S/c1-2-3-4-12-26-22-17(23(27)28)13-21(30-22)15-8-10-16(11-9-15)29-14-18-19(24)6-5-7-20(18)25/h5-11,13,26H,2-4,12,14H2,1H3,(H,27,28). The molecule has 7 heteroatoms. The number of carboxylic acid groups (broad SMARTS) is 1. The number of hydrogen-bond acceptors (Lipinski definition) is 4. The number of unbranched alkanes of at least 4 members (excludes halogenated alkanes) is 2. The zero-order valence-electron chi connectivity index (χ0n) is 16.6. The fourth-order valence-electron chi connectivity index (χ4n) is 2.94. The molecule has 0 unspecified atom stereocenters. The molecule has 0 amide bonds. The molecule has 0 aliphatic carbocycles. The maximum atomic E-state index is 11.6. The SMILES string of the molecule is CCCCCNc1sc(-c2ccc(OCc3c(Cl)cccc3Cl)cc2)cc1C(=O)O. The Kier molecular flexibility index (Phi) is 8.02. The van der Waals surface area contributed by atoms with Gasteiger partial charge < -0.3 is 15.2 Å². The highest BCUT2D eigenvalue weighted by atomic mass is 35.5. The molecule has 0 radical (unpaired) electrons. The Bertz CT molecular complexity index is 982. The molecule has 3 rings (SSSR count). The van der Waals surface area contributed by atoms with E-state index in [2.05, 4.69) is 12.2 Å². The van der Waals surface area contributed by atoms with Crippen LogP contribution in [0.5, 0.6) is 5.75 Å². The minimum atomic E-state index is -0.924.